The standard InChI is InChI=1S/C25H32ClN3O3/c1-25(2,3)32-24(30)28-21-13-11-19(12-14-21)18-9-7-17(8-10-18)15-23(29-31)27-22-6-4-5-20(26)16-22/h4-6,11-14,16-18,31H,7-10,15H2,1-3H3,(H,27,29)(H,28,30). The summed E-state index contributed by atoms with van der Waals surface area (Å²) in [6, 6.07) is 15.3. The fraction of sp³-hybridized carbons (Fsp3) is 0.440. The van der Waals surface area contributed by atoms with Crippen molar-refractivity contribution in [3.63, 3.8) is 0 Å². The molecule has 172 valence electrons. The first-order valence-electron chi connectivity index (χ1n) is 11.0. The number of halogens is 1. The maximum Gasteiger partial charge on any atom is 0.412 e. The second-order valence-electron chi connectivity index (χ2n) is 9.32. The van der Waals surface area contributed by atoms with Crippen LogP contribution in [-0.2, 0) is 4.74 Å². The number of hydroxylamine groups is 1. The molecule has 0 heterocycles. The van der Waals surface area contributed by atoms with Crippen molar-refractivity contribution >= 4 is 34.9 Å². The van der Waals surface area contributed by atoms with E-state index in [4.69, 9.17) is 16.3 Å². The van der Waals surface area contributed by atoms with Crippen LogP contribution in [0.4, 0.5) is 16.2 Å². The summed E-state index contributed by atoms with van der Waals surface area (Å²) < 4.78 is 5.29. The molecule has 32 heavy (non-hydrogen) atoms. The third-order valence-electron chi connectivity index (χ3n) is 5.56. The molecule has 1 fully saturated rings. The SMILES string of the molecule is CC(C)(C)OC(=O)Nc1ccc(C2CCC(CC(=Nc3cccc(Cl)c3)NO)CC2)cc1. The number of carbonyl (C=O) groups excluding carboxylic acids is 1. The first-order valence-corrected chi connectivity index (χ1v) is 11.4. The Labute approximate surface area is 195 Å². The molecule has 3 rings (SSSR count). The second-order valence-corrected chi connectivity index (χ2v) is 9.76. The summed E-state index contributed by atoms with van der Waals surface area (Å²) in [6.45, 7) is 5.53. The van der Waals surface area contributed by atoms with Crippen LogP contribution in [0.5, 0.6) is 0 Å². The van der Waals surface area contributed by atoms with E-state index in [9.17, 15) is 10.0 Å². The highest BCUT2D eigenvalue weighted by Crippen LogP contribution is 2.37. The van der Waals surface area contributed by atoms with Crippen LogP contribution in [0.25, 0.3) is 0 Å². The smallest absolute Gasteiger partial charge is 0.412 e. The maximum absolute atomic E-state index is 11.9. The number of nitrogens with zero attached hydrogens (tertiary/aromatic N) is 1. The normalized spacial score (nSPS) is 19.3. The number of hydrogen-bond donors (Lipinski definition) is 3. The number of anilines is 1. The van der Waals surface area contributed by atoms with Crippen molar-refractivity contribution in [2.24, 2.45) is 10.9 Å². The third kappa shape index (κ3) is 7.53. The van der Waals surface area contributed by atoms with Crippen molar-refractivity contribution in [3.8, 4) is 0 Å². The number of benzene rings is 2. The highest BCUT2D eigenvalue weighted by Gasteiger charge is 2.24. The number of carbonyl (C=O) groups is 1. The Morgan fingerprint density at radius 2 is 1.81 bits per heavy atom. The van der Waals surface area contributed by atoms with E-state index in [0.29, 0.717) is 29.1 Å². The largest absolute Gasteiger partial charge is 0.444 e. The molecule has 1 saturated carbocycles. The van der Waals surface area contributed by atoms with Crippen molar-refractivity contribution in [1.29, 1.82) is 0 Å². The van der Waals surface area contributed by atoms with Crippen LogP contribution in [0, 0.1) is 5.92 Å². The van der Waals surface area contributed by atoms with E-state index in [1.807, 2.05) is 45.0 Å². The van der Waals surface area contributed by atoms with Crippen LogP contribution in [0.2, 0.25) is 5.02 Å². The number of amidine groups is 1. The predicted molar refractivity (Wildman–Crippen MR) is 129 cm³/mol. The Morgan fingerprint density at radius 1 is 1.12 bits per heavy atom. The van der Waals surface area contributed by atoms with Gasteiger partial charge in [-0.25, -0.2) is 9.79 Å². The summed E-state index contributed by atoms with van der Waals surface area (Å²) in [6.07, 6.45) is 4.56. The van der Waals surface area contributed by atoms with Crippen molar-refractivity contribution in [3.05, 3.63) is 59.1 Å². The van der Waals surface area contributed by atoms with E-state index in [2.05, 4.69) is 27.9 Å². The maximum atomic E-state index is 11.9. The molecule has 1 aliphatic rings. The van der Waals surface area contributed by atoms with Gasteiger partial charge in [0.25, 0.3) is 0 Å². The molecule has 3 N–H and O–H groups in total. The summed E-state index contributed by atoms with van der Waals surface area (Å²) in [4.78, 5) is 16.4. The number of rotatable bonds is 5. The lowest BCUT2D eigenvalue weighted by atomic mass is 9.77. The van der Waals surface area contributed by atoms with Gasteiger partial charge >= 0.3 is 6.09 Å². The van der Waals surface area contributed by atoms with Crippen molar-refractivity contribution in [2.45, 2.75) is 64.4 Å². The zero-order chi connectivity index (χ0) is 23.1. The Balaban J connectivity index is 1.51. The monoisotopic (exact) mass is 457 g/mol. The van der Waals surface area contributed by atoms with Crippen molar-refractivity contribution in [1.82, 2.24) is 5.48 Å². The predicted octanol–water partition coefficient (Wildman–Crippen LogP) is 7.06. The summed E-state index contributed by atoms with van der Waals surface area (Å²) in [7, 11) is 0. The molecule has 6 nitrogen and oxygen atoms in total. The summed E-state index contributed by atoms with van der Waals surface area (Å²) in [5.74, 6) is 1.53. The minimum Gasteiger partial charge on any atom is -0.444 e. The van der Waals surface area contributed by atoms with E-state index in [1.54, 1.807) is 12.1 Å². The van der Waals surface area contributed by atoms with Crippen LogP contribution in [-0.4, -0.2) is 22.7 Å². The molecule has 2 aromatic rings. The minimum absolute atomic E-state index is 0.446. The molecular formula is C25H32ClN3O3. The summed E-state index contributed by atoms with van der Waals surface area (Å²) in [5.41, 5.74) is 4.47. The van der Waals surface area contributed by atoms with Gasteiger partial charge in [0.05, 0.1) is 5.69 Å². The molecule has 0 radical (unpaired) electrons. The van der Waals surface area contributed by atoms with Gasteiger partial charge in [0.2, 0.25) is 0 Å². The molecule has 0 aliphatic heterocycles. The highest BCUT2D eigenvalue weighted by atomic mass is 35.5. The van der Waals surface area contributed by atoms with Crippen LogP contribution in [0.15, 0.2) is 53.5 Å². The van der Waals surface area contributed by atoms with E-state index in [0.717, 1.165) is 37.1 Å². The number of ether oxygens (including phenoxy) is 1. The van der Waals surface area contributed by atoms with Gasteiger partial charge in [0.1, 0.15) is 11.4 Å². The second kappa shape index (κ2) is 10.8. The Hall–Kier alpha value is -2.57. The van der Waals surface area contributed by atoms with Crippen molar-refractivity contribution < 1.29 is 14.7 Å². The van der Waals surface area contributed by atoms with Gasteiger partial charge in [-0.1, -0.05) is 29.8 Å². The molecule has 0 aromatic heterocycles. The van der Waals surface area contributed by atoms with Gasteiger partial charge in [-0.3, -0.25) is 16.0 Å². The Kier molecular flexibility index (Phi) is 8.15. The zero-order valence-corrected chi connectivity index (χ0v) is 19.7. The molecule has 0 spiro atoms. The van der Waals surface area contributed by atoms with Crippen LogP contribution in [0.1, 0.15) is 64.4 Å². The van der Waals surface area contributed by atoms with Gasteiger partial charge in [0, 0.05) is 17.1 Å². The molecule has 2 aromatic carbocycles. The fourth-order valence-electron chi connectivity index (χ4n) is 4.05. The molecule has 0 atom stereocenters. The van der Waals surface area contributed by atoms with E-state index >= 15 is 0 Å². The molecule has 7 heteroatoms. The van der Waals surface area contributed by atoms with Gasteiger partial charge in [-0.2, -0.15) is 0 Å². The third-order valence-corrected chi connectivity index (χ3v) is 5.79. The van der Waals surface area contributed by atoms with E-state index in [1.165, 1.54) is 5.56 Å². The van der Waals surface area contributed by atoms with Crippen LogP contribution < -0.4 is 10.8 Å². The number of aliphatic imine (C=N–C) groups is 1. The lowest BCUT2D eigenvalue weighted by molar-refractivity contribution is 0.0636. The number of amides is 1. The molecule has 1 amide bonds. The number of nitrogens with one attached hydrogen (secondary N) is 2. The van der Waals surface area contributed by atoms with Gasteiger partial charge in [0.15, 0.2) is 0 Å². The molecular weight excluding hydrogens is 426 g/mol. The lowest BCUT2D eigenvalue weighted by Crippen LogP contribution is -2.27. The van der Waals surface area contributed by atoms with Crippen LogP contribution in [0.3, 0.4) is 0 Å². The quantitative estimate of drug-likeness (QED) is 0.255. The Morgan fingerprint density at radius 3 is 2.41 bits per heavy atom. The first-order chi connectivity index (χ1) is 15.2. The van der Waals surface area contributed by atoms with Gasteiger partial charge < -0.3 is 4.74 Å². The highest BCUT2D eigenvalue weighted by molar-refractivity contribution is 6.30. The topological polar surface area (TPSA) is 83.0 Å². The fourth-order valence-corrected chi connectivity index (χ4v) is 4.24. The molecule has 0 unspecified atom stereocenters. The average Bonchev–Trinajstić information content (AvgIpc) is 2.73. The lowest BCUT2D eigenvalue weighted by Gasteiger charge is -2.29. The minimum atomic E-state index is -0.521. The summed E-state index contributed by atoms with van der Waals surface area (Å²) >= 11 is 6.02. The number of hydrogen-bond acceptors (Lipinski definition) is 4. The zero-order valence-electron chi connectivity index (χ0n) is 18.9. The van der Waals surface area contributed by atoms with E-state index < -0.39 is 11.7 Å². The van der Waals surface area contributed by atoms with E-state index in [-0.39, 0.29) is 0 Å². The van der Waals surface area contributed by atoms with Crippen molar-refractivity contribution in [2.75, 3.05) is 5.32 Å². The van der Waals surface area contributed by atoms with Crippen LogP contribution >= 0.6 is 11.6 Å². The molecule has 1 aliphatic carbocycles. The summed E-state index contributed by atoms with van der Waals surface area (Å²) in [5, 5.41) is 12.9. The molecule has 0 bridgehead atoms. The average molecular weight is 458 g/mol. The Bertz CT molecular complexity index is 930. The first kappa shape index (κ1) is 24.1. The van der Waals surface area contributed by atoms with Gasteiger partial charge in [-0.05, 0) is 94.2 Å². The molecule has 0 saturated heterocycles. The van der Waals surface area contributed by atoms with Gasteiger partial charge in [-0.15, -0.1) is 0 Å².